The van der Waals surface area contributed by atoms with Crippen LogP contribution in [0.1, 0.15) is 45.1 Å². The number of aliphatic hydroxyl groups is 1. The molecule has 0 radical (unpaired) electrons. The predicted octanol–water partition coefficient (Wildman–Crippen LogP) is 2.72. The number of amides is 1. The highest BCUT2D eigenvalue weighted by molar-refractivity contribution is 5.80. The van der Waals surface area contributed by atoms with Crippen molar-refractivity contribution in [3.05, 3.63) is 29.8 Å². The molecule has 25 heavy (non-hydrogen) atoms. The van der Waals surface area contributed by atoms with Crippen LogP contribution in [0.3, 0.4) is 0 Å². The normalized spacial score (nSPS) is 16.7. The number of piperidine rings is 1. The van der Waals surface area contributed by atoms with Crippen LogP contribution in [-0.4, -0.2) is 43.4 Å². The fraction of sp³-hybridized carbons (Fsp3) is 0.650. The minimum absolute atomic E-state index is 0.0637. The van der Waals surface area contributed by atoms with Gasteiger partial charge in [0.15, 0.2) is 0 Å². The maximum Gasteiger partial charge on any atom is 0.249 e. The van der Waals surface area contributed by atoms with Crippen molar-refractivity contribution in [1.29, 1.82) is 0 Å². The Hall–Kier alpha value is -1.59. The molecular weight excluding hydrogens is 316 g/mol. The van der Waals surface area contributed by atoms with Crippen molar-refractivity contribution in [2.75, 3.05) is 31.2 Å². The van der Waals surface area contributed by atoms with E-state index >= 15 is 0 Å². The van der Waals surface area contributed by atoms with E-state index in [4.69, 9.17) is 4.74 Å². The zero-order chi connectivity index (χ0) is 18.1. The van der Waals surface area contributed by atoms with Gasteiger partial charge in [-0.05, 0) is 49.8 Å². The van der Waals surface area contributed by atoms with Crippen LogP contribution < -0.4 is 10.2 Å². The maximum absolute atomic E-state index is 12.0. The number of ether oxygens (including phenoxy) is 1. The van der Waals surface area contributed by atoms with E-state index < -0.39 is 6.10 Å². The molecule has 0 saturated carbocycles. The molecule has 0 bridgehead atoms. The molecule has 1 heterocycles. The SMILES string of the molecule is CCCCO[C@H](C)C(=O)NCc1ccc(N2CCC(CO)CC2)cc1. The first-order chi connectivity index (χ1) is 12.1. The molecule has 0 unspecified atom stereocenters. The van der Waals surface area contributed by atoms with E-state index in [1.807, 2.05) is 0 Å². The zero-order valence-corrected chi connectivity index (χ0v) is 15.5. The number of aliphatic hydroxyl groups excluding tert-OH is 1. The third-order valence-corrected chi connectivity index (χ3v) is 4.88. The average Bonchev–Trinajstić information content (AvgIpc) is 2.66. The minimum atomic E-state index is -0.404. The molecule has 5 heteroatoms. The lowest BCUT2D eigenvalue weighted by molar-refractivity contribution is -0.131. The molecule has 1 saturated heterocycles. The number of benzene rings is 1. The van der Waals surface area contributed by atoms with Crippen LogP contribution in [0.25, 0.3) is 0 Å². The van der Waals surface area contributed by atoms with Gasteiger partial charge in [0.05, 0.1) is 0 Å². The number of nitrogens with one attached hydrogen (secondary N) is 1. The predicted molar refractivity (Wildman–Crippen MR) is 101 cm³/mol. The summed E-state index contributed by atoms with van der Waals surface area (Å²) in [4.78, 5) is 14.4. The molecule has 1 aliphatic heterocycles. The molecule has 1 aromatic rings. The number of nitrogens with zero attached hydrogens (tertiary/aromatic N) is 1. The van der Waals surface area contributed by atoms with Crippen molar-refractivity contribution in [2.45, 2.75) is 52.2 Å². The lowest BCUT2D eigenvalue weighted by Crippen LogP contribution is -2.35. The summed E-state index contributed by atoms with van der Waals surface area (Å²) >= 11 is 0. The van der Waals surface area contributed by atoms with Gasteiger partial charge in [0.2, 0.25) is 5.91 Å². The van der Waals surface area contributed by atoms with Gasteiger partial charge in [-0.15, -0.1) is 0 Å². The number of carbonyl (C=O) groups is 1. The van der Waals surface area contributed by atoms with E-state index in [2.05, 4.69) is 41.4 Å². The van der Waals surface area contributed by atoms with Crippen LogP contribution in [0.4, 0.5) is 5.69 Å². The molecule has 0 aromatic heterocycles. The van der Waals surface area contributed by atoms with Gasteiger partial charge in [0.1, 0.15) is 6.10 Å². The molecular formula is C20H32N2O3. The number of anilines is 1. The van der Waals surface area contributed by atoms with E-state index in [0.717, 1.165) is 44.3 Å². The Bertz CT molecular complexity index is 510. The number of carbonyl (C=O) groups excluding carboxylic acids is 1. The topological polar surface area (TPSA) is 61.8 Å². The summed E-state index contributed by atoms with van der Waals surface area (Å²) in [6.07, 6.45) is 3.74. The molecule has 1 amide bonds. The number of rotatable bonds is 9. The first kappa shape index (κ1) is 19.7. The lowest BCUT2D eigenvalue weighted by atomic mass is 9.97. The van der Waals surface area contributed by atoms with Crippen LogP contribution in [0.5, 0.6) is 0 Å². The minimum Gasteiger partial charge on any atom is -0.396 e. The van der Waals surface area contributed by atoms with Gasteiger partial charge in [-0.2, -0.15) is 0 Å². The second-order valence-corrected chi connectivity index (χ2v) is 6.86. The van der Waals surface area contributed by atoms with E-state index in [1.165, 1.54) is 5.69 Å². The zero-order valence-electron chi connectivity index (χ0n) is 15.5. The second-order valence-electron chi connectivity index (χ2n) is 6.86. The highest BCUT2D eigenvalue weighted by Crippen LogP contribution is 2.23. The Kier molecular flexibility index (Phi) is 8.22. The number of hydrogen-bond acceptors (Lipinski definition) is 4. The van der Waals surface area contributed by atoms with Crippen LogP contribution in [-0.2, 0) is 16.1 Å². The van der Waals surface area contributed by atoms with E-state index in [9.17, 15) is 9.90 Å². The highest BCUT2D eigenvalue weighted by Gasteiger charge is 2.18. The maximum atomic E-state index is 12.0. The van der Waals surface area contributed by atoms with Gasteiger partial charge in [0, 0.05) is 38.5 Å². The third kappa shape index (κ3) is 6.33. The van der Waals surface area contributed by atoms with Crippen LogP contribution in [0.15, 0.2) is 24.3 Å². The molecule has 1 aromatic carbocycles. The van der Waals surface area contributed by atoms with Gasteiger partial charge >= 0.3 is 0 Å². The summed E-state index contributed by atoms with van der Waals surface area (Å²) in [5, 5.41) is 12.2. The summed E-state index contributed by atoms with van der Waals surface area (Å²) in [5.41, 5.74) is 2.30. The van der Waals surface area contributed by atoms with Crippen LogP contribution in [0.2, 0.25) is 0 Å². The van der Waals surface area contributed by atoms with Crippen molar-refractivity contribution in [1.82, 2.24) is 5.32 Å². The molecule has 0 aliphatic carbocycles. The highest BCUT2D eigenvalue weighted by atomic mass is 16.5. The average molecular weight is 348 g/mol. The summed E-state index contributed by atoms with van der Waals surface area (Å²) < 4.78 is 5.51. The summed E-state index contributed by atoms with van der Waals surface area (Å²) in [7, 11) is 0. The fourth-order valence-corrected chi connectivity index (χ4v) is 3.01. The Balaban J connectivity index is 1.75. The largest absolute Gasteiger partial charge is 0.396 e. The van der Waals surface area contributed by atoms with Gasteiger partial charge in [-0.1, -0.05) is 25.5 Å². The standard InChI is InChI=1S/C20H32N2O3/c1-3-4-13-25-16(2)20(24)21-14-17-5-7-19(8-6-17)22-11-9-18(15-23)10-12-22/h5-8,16,18,23H,3-4,9-15H2,1-2H3,(H,21,24)/t16-/m1/s1. The van der Waals surface area contributed by atoms with Gasteiger partial charge in [-0.25, -0.2) is 0 Å². The number of unbranched alkanes of at least 4 members (excludes halogenated alkanes) is 1. The van der Waals surface area contributed by atoms with Gasteiger partial charge < -0.3 is 20.1 Å². The lowest BCUT2D eigenvalue weighted by Gasteiger charge is -2.33. The smallest absolute Gasteiger partial charge is 0.249 e. The van der Waals surface area contributed by atoms with E-state index in [1.54, 1.807) is 6.92 Å². The Morgan fingerprint density at radius 1 is 1.32 bits per heavy atom. The Labute approximate surface area is 151 Å². The molecule has 2 rings (SSSR count). The van der Waals surface area contributed by atoms with Gasteiger partial charge in [-0.3, -0.25) is 4.79 Å². The Morgan fingerprint density at radius 2 is 2.00 bits per heavy atom. The monoisotopic (exact) mass is 348 g/mol. The molecule has 1 aliphatic rings. The second kappa shape index (κ2) is 10.4. The Morgan fingerprint density at radius 3 is 2.60 bits per heavy atom. The summed E-state index contributed by atoms with van der Waals surface area (Å²) in [6.45, 7) is 7.34. The van der Waals surface area contributed by atoms with Crippen molar-refractivity contribution < 1.29 is 14.6 Å². The molecule has 1 fully saturated rings. The van der Waals surface area contributed by atoms with Crippen LogP contribution in [0, 0.1) is 5.92 Å². The van der Waals surface area contributed by atoms with Crippen molar-refractivity contribution >= 4 is 11.6 Å². The van der Waals surface area contributed by atoms with Crippen molar-refractivity contribution in [2.24, 2.45) is 5.92 Å². The van der Waals surface area contributed by atoms with Crippen molar-refractivity contribution in [3.8, 4) is 0 Å². The van der Waals surface area contributed by atoms with Crippen molar-refractivity contribution in [3.63, 3.8) is 0 Å². The summed E-state index contributed by atoms with van der Waals surface area (Å²) in [6, 6.07) is 8.36. The fourth-order valence-electron chi connectivity index (χ4n) is 3.01. The van der Waals surface area contributed by atoms with Crippen LogP contribution >= 0.6 is 0 Å². The molecule has 2 N–H and O–H groups in total. The first-order valence-electron chi connectivity index (χ1n) is 9.48. The third-order valence-electron chi connectivity index (χ3n) is 4.88. The molecule has 140 valence electrons. The molecule has 5 nitrogen and oxygen atoms in total. The van der Waals surface area contributed by atoms with E-state index in [-0.39, 0.29) is 5.91 Å². The van der Waals surface area contributed by atoms with E-state index in [0.29, 0.717) is 25.7 Å². The number of hydrogen-bond donors (Lipinski definition) is 2. The molecule has 1 atom stereocenters. The quantitative estimate of drug-likeness (QED) is 0.674. The molecule has 0 spiro atoms. The first-order valence-corrected chi connectivity index (χ1v) is 9.48. The summed E-state index contributed by atoms with van der Waals surface area (Å²) in [5.74, 6) is 0.388. The van der Waals surface area contributed by atoms with Gasteiger partial charge in [0.25, 0.3) is 0 Å².